The zero-order valence-electron chi connectivity index (χ0n) is 14.1. The van der Waals surface area contributed by atoms with Crippen LogP contribution in [0.4, 0.5) is 0 Å². The van der Waals surface area contributed by atoms with Gasteiger partial charge in [0.05, 0.1) is 13.2 Å². The summed E-state index contributed by atoms with van der Waals surface area (Å²) in [6.45, 7) is 11.1. The molecule has 0 radical (unpaired) electrons. The molecule has 122 valence electrons. The number of ether oxygens (including phenoxy) is 2. The van der Waals surface area contributed by atoms with Gasteiger partial charge in [0, 0.05) is 13.2 Å². The van der Waals surface area contributed by atoms with Gasteiger partial charge in [-0.15, -0.1) is 0 Å². The van der Waals surface area contributed by atoms with Crippen LogP contribution >= 0.6 is 0 Å². The van der Waals surface area contributed by atoms with Crippen molar-refractivity contribution in [3.63, 3.8) is 0 Å². The Labute approximate surface area is 126 Å². The van der Waals surface area contributed by atoms with Crippen molar-refractivity contribution in [2.45, 2.75) is 72.3 Å². The Bertz CT molecular complexity index is 193. The Balaban J connectivity index is 3.58. The van der Waals surface area contributed by atoms with Gasteiger partial charge in [0.1, 0.15) is 6.10 Å². The third kappa shape index (κ3) is 10.6. The second-order valence-electron chi connectivity index (χ2n) is 5.83. The van der Waals surface area contributed by atoms with Crippen LogP contribution in [-0.4, -0.2) is 37.6 Å². The molecular formula is C17H36O3. The van der Waals surface area contributed by atoms with Gasteiger partial charge in [-0.25, -0.2) is 0 Å². The van der Waals surface area contributed by atoms with Gasteiger partial charge in [-0.1, -0.05) is 59.8 Å². The Morgan fingerprint density at radius 3 is 1.70 bits per heavy atom. The molecule has 0 aliphatic rings. The summed E-state index contributed by atoms with van der Waals surface area (Å²) in [5.74, 6) is 1.24. The maximum Gasteiger partial charge on any atom is 0.101 e. The molecule has 0 aromatic carbocycles. The van der Waals surface area contributed by atoms with E-state index in [9.17, 15) is 5.11 Å². The molecule has 2 atom stereocenters. The predicted octanol–water partition coefficient (Wildman–Crippen LogP) is 4.03. The SMILES string of the molecule is CCCCC(CC)COCC(O)COCC(CC)CC. The molecule has 2 unspecified atom stereocenters. The number of aliphatic hydroxyl groups excluding tert-OH is 1. The summed E-state index contributed by atoms with van der Waals surface area (Å²) < 4.78 is 11.2. The van der Waals surface area contributed by atoms with Crippen LogP contribution in [0.3, 0.4) is 0 Å². The van der Waals surface area contributed by atoms with Crippen LogP contribution in [0.5, 0.6) is 0 Å². The molecular weight excluding hydrogens is 252 g/mol. The lowest BCUT2D eigenvalue weighted by Crippen LogP contribution is -2.25. The first-order valence-corrected chi connectivity index (χ1v) is 8.51. The van der Waals surface area contributed by atoms with E-state index >= 15 is 0 Å². The van der Waals surface area contributed by atoms with Gasteiger partial charge in [-0.05, 0) is 18.3 Å². The van der Waals surface area contributed by atoms with E-state index in [0.717, 1.165) is 32.5 Å². The number of aliphatic hydroxyl groups is 1. The van der Waals surface area contributed by atoms with E-state index in [0.29, 0.717) is 25.0 Å². The van der Waals surface area contributed by atoms with Gasteiger partial charge in [0.2, 0.25) is 0 Å². The third-order valence-electron chi connectivity index (χ3n) is 4.03. The van der Waals surface area contributed by atoms with Crippen LogP contribution in [0, 0.1) is 11.8 Å². The first-order chi connectivity index (χ1) is 9.67. The lowest BCUT2D eigenvalue weighted by Gasteiger charge is -2.18. The van der Waals surface area contributed by atoms with Gasteiger partial charge >= 0.3 is 0 Å². The van der Waals surface area contributed by atoms with Crippen LogP contribution in [0.2, 0.25) is 0 Å². The molecule has 0 rings (SSSR count). The average Bonchev–Trinajstić information content (AvgIpc) is 2.47. The highest BCUT2D eigenvalue weighted by molar-refractivity contribution is 4.59. The molecule has 0 saturated carbocycles. The number of hydrogen-bond donors (Lipinski definition) is 1. The molecule has 1 N–H and O–H groups in total. The summed E-state index contributed by atoms with van der Waals surface area (Å²) in [6, 6.07) is 0. The first-order valence-electron chi connectivity index (χ1n) is 8.51. The van der Waals surface area contributed by atoms with Crippen LogP contribution in [0.25, 0.3) is 0 Å². The lowest BCUT2D eigenvalue weighted by molar-refractivity contribution is -0.0337. The Morgan fingerprint density at radius 1 is 0.750 bits per heavy atom. The van der Waals surface area contributed by atoms with Crippen molar-refractivity contribution in [2.24, 2.45) is 11.8 Å². The highest BCUT2D eigenvalue weighted by atomic mass is 16.5. The summed E-state index contributed by atoms with van der Waals surface area (Å²) in [7, 11) is 0. The van der Waals surface area contributed by atoms with Crippen molar-refractivity contribution in [1.82, 2.24) is 0 Å². The molecule has 3 nitrogen and oxygen atoms in total. The van der Waals surface area contributed by atoms with E-state index < -0.39 is 6.10 Å². The van der Waals surface area contributed by atoms with Gasteiger partial charge in [-0.2, -0.15) is 0 Å². The fraction of sp³-hybridized carbons (Fsp3) is 1.00. The highest BCUT2D eigenvalue weighted by Crippen LogP contribution is 2.13. The predicted molar refractivity (Wildman–Crippen MR) is 85.0 cm³/mol. The van der Waals surface area contributed by atoms with Crippen molar-refractivity contribution >= 4 is 0 Å². The van der Waals surface area contributed by atoms with Gasteiger partial charge in [0.25, 0.3) is 0 Å². The molecule has 0 spiro atoms. The van der Waals surface area contributed by atoms with Crippen molar-refractivity contribution in [3.8, 4) is 0 Å². The second kappa shape index (κ2) is 13.8. The van der Waals surface area contributed by atoms with Crippen molar-refractivity contribution < 1.29 is 14.6 Å². The van der Waals surface area contributed by atoms with Crippen LogP contribution in [0.1, 0.15) is 66.2 Å². The van der Waals surface area contributed by atoms with E-state index in [1.807, 2.05) is 0 Å². The summed E-state index contributed by atoms with van der Waals surface area (Å²) in [5, 5.41) is 9.82. The maximum absolute atomic E-state index is 9.82. The third-order valence-corrected chi connectivity index (χ3v) is 4.03. The first kappa shape index (κ1) is 19.9. The van der Waals surface area contributed by atoms with Crippen LogP contribution < -0.4 is 0 Å². The fourth-order valence-electron chi connectivity index (χ4n) is 2.21. The van der Waals surface area contributed by atoms with Crippen molar-refractivity contribution in [3.05, 3.63) is 0 Å². The molecule has 0 bridgehead atoms. The minimum Gasteiger partial charge on any atom is -0.388 e. The number of rotatable bonds is 14. The molecule has 0 aliphatic heterocycles. The standard InChI is InChI=1S/C17H36O3/c1-5-9-10-16(8-4)12-20-14-17(18)13-19-11-15(6-2)7-3/h15-18H,5-14H2,1-4H3. The van der Waals surface area contributed by atoms with Crippen LogP contribution in [-0.2, 0) is 9.47 Å². The van der Waals surface area contributed by atoms with Gasteiger partial charge in [0.15, 0.2) is 0 Å². The zero-order chi connectivity index (χ0) is 15.2. The average molecular weight is 288 g/mol. The second-order valence-corrected chi connectivity index (χ2v) is 5.83. The van der Waals surface area contributed by atoms with Gasteiger partial charge < -0.3 is 14.6 Å². The summed E-state index contributed by atoms with van der Waals surface area (Å²) >= 11 is 0. The Hall–Kier alpha value is -0.120. The summed E-state index contributed by atoms with van der Waals surface area (Å²) in [4.78, 5) is 0. The highest BCUT2D eigenvalue weighted by Gasteiger charge is 2.10. The van der Waals surface area contributed by atoms with E-state index in [4.69, 9.17) is 9.47 Å². The quantitative estimate of drug-likeness (QED) is 0.524. The normalized spacial score (nSPS) is 14.7. The van der Waals surface area contributed by atoms with Crippen LogP contribution in [0.15, 0.2) is 0 Å². The maximum atomic E-state index is 9.82. The summed E-state index contributed by atoms with van der Waals surface area (Å²) in [6.07, 6.45) is 6.67. The largest absolute Gasteiger partial charge is 0.388 e. The smallest absolute Gasteiger partial charge is 0.101 e. The molecule has 0 heterocycles. The Kier molecular flexibility index (Phi) is 13.8. The topological polar surface area (TPSA) is 38.7 Å². The van der Waals surface area contributed by atoms with E-state index in [2.05, 4.69) is 27.7 Å². The van der Waals surface area contributed by atoms with E-state index in [1.165, 1.54) is 19.3 Å². The monoisotopic (exact) mass is 288 g/mol. The molecule has 20 heavy (non-hydrogen) atoms. The zero-order valence-corrected chi connectivity index (χ0v) is 14.1. The molecule has 0 amide bonds. The molecule has 0 saturated heterocycles. The Morgan fingerprint density at radius 2 is 1.25 bits per heavy atom. The molecule has 3 heteroatoms. The molecule has 0 aromatic heterocycles. The number of hydrogen-bond acceptors (Lipinski definition) is 3. The van der Waals surface area contributed by atoms with E-state index in [-0.39, 0.29) is 0 Å². The van der Waals surface area contributed by atoms with Crippen molar-refractivity contribution in [2.75, 3.05) is 26.4 Å². The lowest BCUT2D eigenvalue weighted by atomic mass is 10.0. The van der Waals surface area contributed by atoms with Gasteiger partial charge in [-0.3, -0.25) is 0 Å². The fourth-order valence-corrected chi connectivity index (χ4v) is 2.21. The number of unbranched alkanes of at least 4 members (excludes halogenated alkanes) is 1. The summed E-state index contributed by atoms with van der Waals surface area (Å²) in [5.41, 5.74) is 0. The molecule has 0 fully saturated rings. The minimum atomic E-state index is -0.493. The minimum absolute atomic E-state index is 0.391. The molecule has 0 aromatic rings. The molecule has 0 aliphatic carbocycles. The van der Waals surface area contributed by atoms with Crippen molar-refractivity contribution in [1.29, 1.82) is 0 Å². The van der Waals surface area contributed by atoms with E-state index in [1.54, 1.807) is 0 Å².